The Kier molecular flexibility index (Phi) is 5.68. The van der Waals surface area contributed by atoms with Crippen LogP contribution in [0.3, 0.4) is 0 Å². The molecule has 0 aromatic heterocycles. The van der Waals surface area contributed by atoms with Crippen molar-refractivity contribution in [3.8, 4) is 6.07 Å². The van der Waals surface area contributed by atoms with Crippen molar-refractivity contribution in [2.45, 2.75) is 31.9 Å². The Morgan fingerprint density at radius 2 is 2.08 bits per heavy atom. The van der Waals surface area contributed by atoms with Crippen molar-refractivity contribution in [3.63, 3.8) is 0 Å². The van der Waals surface area contributed by atoms with E-state index < -0.39 is 36.0 Å². The third-order valence-corrected chi connectivity index (χ3v) is 3.48. The Hall–Kier alpha value is -3.41. The average molecular weight is 344 g/mol. The number of imide groups is 1. The molecule has 2 atom stereocenters. The summed E-state index contributed by atoms with van der Waals surface area (Å²) in [5.74, 6) is -1.76. The van der Waals surface area contributed by atoms with Gasteiger partial charge in [-0.05, 0) is 25.5 Å². The zero-order valence-electron chi connectivity index (χ0n) is 13.4. The fourth-order valence-electron chi connectivity index (χ4n) is 2.16. The Labute approximate surface area is 143 Å². The van der Waals surface area contributed by atoms with E-state index in [9.17, 15) is 19.2 Å². The van der Waals surface area contributed by atoms with Crippen molar-refractivity contribution >= 4 is 29.5 Å². The van der Waals surface area contributed by atoms with E-state index in [4.69, 9.17) is 10.00 Å². The monoisotopic (exact) mass is 344 g/mol. The molecule has 4 amide bonds. The first-order valence-electron chi connectivity index (χ1n) is 7.51. The molecule has 130 valence electrons. The summed E-state index contributed by atoms with van der Waals surface area (Å²) in [5.41, 5.74) is 0.612. The first-order chi connectivity index (χ1) is 11.9. The van der Waals surface area contributed by atoms with Gasteiger partial charge < -0.3 is 15.4 Å². The molecule has 1 aromatic carbocycles. The van der Waals surface area contributed by atoms with Gasteiger partial charge in [0.25, 0.3) is 11.8 Å². The standard InChI is InChI=1S/C16H16N4O5/c1-9(14(22)18-11-5-3-2-4-10(11)8-17)25-13(21)7-6-12-15(23)20-16(24)19-12/h2-5,9,12H,6-7H2,1H3,(H,18,22)(H2,19,20,23,24)/t9-,12-/m1/s1. The minimum atomic E-state index is -1.08. The van der Waals surface area contributed by atoms with Crippen LogP contribution in [0.2, 0.25) is 0 Å². The van der Waals surface area contributed by atoms with Gasteiger partial charge in [-0.3, -0.25) is 19.7 Å². The third-order valence-electron chi connectivity index (χ3n) is 3.48. The predicted molar refractivity (Wildman–Crippen MR) is 85.0 cm³/mol. The average Bonchev–Trinajstić information content (AvgIpc) is 2.90. The second-order valence-electron chi connectivity index (χ2n) is 5.33. The molecule has 0 spiro atoms. The molecule has 9 heteroatoms. The number of esters is 1. The summed E-state index contributed by atoms with van der Waals surface area (Å²) in [7, 11) is 0. The highest BCUT2D eigenvalue weighted by molar-refractivity contribution is 6.04. The lowest BCUT2D eigenvalue weighted by Gasteiger charge is -2.14. The van der Waals surface area contributed by atoms with E-state index in [2.05, 4.69) is 16.0 Å². The Morgan fingerprint density at radius 3 is 2.72 bits per heavy atom. The lowest BCUT2D eigenvalue weighted by molar-refractivity contribution is -0.153. The molecule has 2 rings (SSSR count). The molecule has 0 saturated carbocycles. The summed E-state index contributed by atoms with van der Waals surface area (Å²) in [6.45, 7) is 1.40. The second kappa shape index (κ2) is 7.92. The van der Waals surface area contributed by atoms with Crippen LogP contribution in [0.15, 0.2) is 24.3 Å². The van der Waals surface area contributed by atoms with Gasteiger partial charge >= 0.3 is 12.0 Å². The number of nitrogens with one attached hydrogen (secondary N) is 3. The number of hydrogen-bond donors (Lipinski definition) is 3. The van der Waals surface area contributed by atoms with E-state index in [1.54, 1.807) is 24.3 Å². The zero-order chi connectivity index (χ0) is 18.4. The smallest absolute Gasteiger partial charge is 0.322 e. The molecular weight excluding hydrogens is 328 g/mol. The van der Waals surface area contributed by atoms with Crippen LogP contribution in [0.25, 0.3) is 0 Å². The lowest BCUT2D eigenvalue weighted by atomic mass is 10.1. The maximum atomic E-state index is 12.1. The molecule has 1 aliphatic rings. The number of para-hydroxylation sites is 1. The van der Waals surface area contributed by atoms with Crippen molar-refractivity contribution in [3.05, 3.63) is 29.8 Å². The molecular formula is C16H16N4O5. The number of nitrogens with zero attached hydrogens (tertiary/aromatic N) is 1. The Bertz CT molecular complexity index is 755. The molecule has 3 N–H and O–H groups in total. The number of carbonyl (C=O) groups is 4. The summed E-state index contributed by atoms with van der Waals surface area (Å²) in [6.07, 6.45) is -1.14. The van der Waals surface area contributed by atoms with Gasteiger partial charge in [-0.2, -0.15) is 5.26 Å². The van der Waals surface area contributed by atoms with Crippen LogP contribution in [0.1, 0.15) is 25.3 Å². The third kappa shape index (κ3) is 4.78. The van der Waals surface area contributed by atoms with Crippen LogP contribution >= 0.6 is 0 Å². The van der Waals surface area contributed by atoms with Gasteiger partial charge in [0.05, 0.1) is 11.3 Å². The summed E-state index contributed by atoms with van der Waals surface area (Å²) in [6, 6.07) is 6.99. The predicted octanol–water partition coefficient (Wildman–Crippen LogP) is 0.417. The normalized spacial score (nSPS) is 17.0. The van der Waals surface area contributed by atoms with Gasteiger partial charge in [-0.25, -0.2) is 4.79 Å². The molecule has 0 aliphatic carbocycles. The topological polar surface area (TPSA) is 137 Å². The van der Waals surface area contributed by atoms with Gasteiger partial charge in [0.1, 0.15) is 12.1 Å². The highest BCUT2D eigenvalue weighted by Gasteiger charge is 2.30. The van der Waals surface area contributed by atoms with E-state index in [-0.39, 0.29) is 18.4 Å². The van der Waals surface area contributed by atoms with Gasteiger partial charge in [0.15, 0.2) is 6.10 Å². The lowest BCUT2D eigenvalue weighted by Crippen LogP contribution is -2.32. The van der Waals surface area contributed by atoms with Crippen molar-refractivity contribution in [2.24, 2.45) is 0 Å². The van der Waals surface area contributed by atoms with E-state index in [0.29, 0.717) is 5.69 Å². The Balaban J connectivity index is 1.82. The summed E-state index contributed by atoms with van der Waals surface area (Å²) < 4.78 is 5.00. The van der Waals surface area contributed by atoms with Crippen LogP contribution in [0.4, 0.5) is 10.5 Å². The molecule has 1 saturated heterocycles. The summed E-state index contributed by atoms with van der Waals surface area (Å²) in [5, 5.41) is 15.9. The van der Waals surface area contributed by atoms with Gasteiger partial charge in [0, 0.05) is 6.42 Å². The summed E-state index contributed by atoms with van der Waals surface area (Å²) in [4.78, 5) is 46.2. The number of ether oxygens (including phenoxy) is 1. The van der Waals surface area contributed by atoms with Crippen molar-refractivity contribution in [2.75, 3.05) is 5.32 Å². The van der Waals surface area contributed by atoms with Crippen LogP contribution < -0.4 is 16.0 Å². The van der Waals surface area contributed by atoms with E-state index in [0.717, 1.165) is 0 Å². The van der Waals surface area contributed by atoms with Crippen LogP contribution in [0.5, 0.6) is 0 Å². The second-order valence-corrected chi connectivity index (χ2v) is 5.33. The summed E-state index contributed by atoms with van der Waals surface area (Å²) >= 11 is 0. The zero-order valence-corrected chi connectivity index (χ0v) is 13.4. The van der Waals surface area contributed by atoms with Crippen LogP contribution in [0, 0.1) is 11.3 Å². The molecule has 1 aliphatic heterocycles. The largest absolute Gasteiger partial charge is 0.453 e. The highest BCUT2D eigenvalue weighted by Crippen LogP contribution is 2.14. The van der Waals surface area contributed by atoms with Crippen molar-refractivity contribution < 1.29 is 23.9 Å². The highest BCUT2D eigenvalue weighted by atomic mass is 16.5. The Morgan fingerprint density at radius 1 is 1.36 bits per heavy atom. The number of benzene rings is 1. The fourth-order valence-corrected chi connectivity index (χ4v) is 2.16. The SMILES string of the molecule is C[C@@H](OC(=O)CC[C@H]1NC(=O)NC1=O)C(=O)Nc1ccccc1C#N. The number of nitriles is 1. The van der Waals surface area contributed by atoms with Crippen LogP contribution in [-0.4, -0.2) is 36.0 Å². The number of hydrogen-bond acceptors (Lipinski definition) is 6. The molecule has 0 radical (unpaired) electrons. The maximum absolute atomic E-state index is 12.1. The first kappa shape index (κ1) is 17.9. The molecule has 0 bridgehead atoms. The van der Waals surface area contributed by atoms with Gasteiger partial charge in [-0.15, -0.1) is 0 Å². The van der Waals surface area contributed by atoms with Gasteiger partial charge in [-0.1, -0.05) is 12.1 Å². The number of amides is 4. The maximum Gasteiger partial charge on any atom is 0.322 e. The minimum Gasteiger partial charge on any atom is -0.453 e. The quantitative estimate of drug-likeness (QED) is 0.505. The first-order valence-corrected chi connectivity index (χ1v) is 7.51. The molecule has 1 heterocycles. The molecule has 9 nitrogen and oxygen atoms in total. The van der Waals surface area contributed by atoms with Crippen LogP contribution in [-0.2, 0) is 19.1 Å². The number of carbonyl (C=O) groups excluding carboxylic acids is 4. The molecule has 1 fully saturated rings. The number of rotatable bonds is 6. The molecule has 25 heavy (non-hydrogen) atoms. The number of anilines is 1. The molecule has 0 unspecified atom stereocenters. The number of urea groups is 1. The van der Waals surface area contributed by atoms with E-state index in [1.807, 2.05) is 6.07 Å². The fraction of sp³-hybridized carbons (Fsp3) is 0.312. The molecule has 1 aromatic rings. The van der Waals surface area contributed by atoms with E-state index >= 15 is 0 Å². The van der Waals surface area contributed by atoms with Crippen molar-refractivity contribution in [1.29, 1.82) is 5.26 Å². The van der Waals surface area contributed by atoms with Crippen molar-refractivity contribution in [1.82, 2.24) is 10.6 Å². The van der Waals surface area contributed by atoms with Gasteiger partial charge in [0.2, 0.25) is 0 Å². The minimum absolute atomic E-state index is 0.0714. The van der Waals surface area contributed by atoms with E-state index in [1.165, 1.54) is 6.92 Å².